The molecule has 4 nitrogen and oxygen atoms in total. The number of hydrogen-bond donors (Lipinski definition) is 0. The molecule has 0 unspecified atom stereocenters. The van der Waals surface area contributed by atoms with E-state index < -0.39 is 0 Å². The van der Waals surface area contributed by atoms with Gasteiger partial charge in [0.05, 0.1) is 5.41 Å². The molecule has 1 aliphatic carbocycles. The molecule has 2 fully saturated rings. The van der Waals surface area contributed by atoms with Gasteiger partial charge >= 0.3 is 0 Å². The third-order valence-electron chi connectivity index (χ3n) is 5.02. The summed E-state index contributed by atoms with van der Waals surface area (Å²) in [6.45, 7) is 3.64. The van der Waals surface area contributed by atoms with E-state index in [0.29, 0.717) is 25.0 Å². The van der Waals surface area contributed by atoms with E-state index >= 15 is 0 Å². The smallest absolute Gasteiger partial charge is 0.227 e. The monoisotopic (exact) mass is 318 g/mol. The number of nitrogens with zero attached hydrogens (tertiary/aromatic N) is 2. The molecule has 22 heavy (non-hydrogen) atoms. The topological polar surface area (TPSA) is 48.2 Å². The molecule has 0 spiro atoms. The number of ether oxygens (including phenoxy) is 1. The van der Waals surface area contributed by atoms with Gasteiger partial charge < -0.3 is 9.15 Å². The maximum Gasteiger partial charge on any atom is 0.227 e. The normalized spacial score (nSPS) is 26.8. The van der Waals surface area contributed by atoms with Gasteiger partial charge in [-0.05, 0) is 42.9 Å². The minimum atomic E-state index is -0.244. The lowest BCUT2D eigenvalue weighted by molar-refractivity contribution is 0.0540. The first-order valence-electron chi connectivity index (χ1n) is 7.87. The second kappa shape index (κ2) is 5.36. The highest BCUT2D eigenvalue weighted by Crippen LogP contribution is 2.48. The van der Waals surface area contributed by atoms with Crippen molar-refractivity contribution in [1.82, 2.24) is 10.2 Å². The number of rotatable bonds is 3. The van der Waals surface area contributed by atoms with Crippen molar-refractivity contribution in [3.63, 3.8) is 0 Å². The zero-order chi connectivity index (χ0) is 15.2. The lowest BCUT2D eigenvalue weighted by atomic mass is 9.74. The van der Waals surface area contributed by atoms with Gasteiger partial charge in [-0.1, -0.05) is 30.7 Å². The van der Waals surface area contributed by atoms with Crippen LogP contribution in [0.3, 0.4) is 0 Å². The van der Waals surface area contributed by atoms with Crippen molar-refractivity contribution in [3.05, 3.63) is 46.6 Å². The van der Waals surface area contributed by atoms with Crippen molar-refractivity contribution in [2.24, 2.45) is 5.92 Å². The van der Waals surface area contributed by atoms with Crippen molar-refractivity contribution in [2.45, 2.75) is 37.5 Å². The van der Waals surface area contributed by atoms with Crippen molar-refractivity contribution < 1.29 is 9.15 Å². The Morgan fingerprint density at radius 2 is 1.82 bits per heavy atom. The molecule has 1 aromatic carbocycles. The summed E-state index contributed by atoms with van der Waals surface area (Å²) in [5, 5.41) is 9.45. The highest BCUT2D eigenvalue weighted by molar-refractivity contribution is 6.30. The quantitative estimate of drug-likeness (QED) is 0.860. The molecule has 1 aliphatic heterocycles. The fourth-order valence-electron chi connectivity index (χ4n) is 3.36. The van der Waals surface area contributed by atoms with Crippen LogP contribution in [-0.2, 0) is 10.2 Å². The first-order chi connectivity index (χ1) is 10.7. The van der Waals surface area contributed by atoms with Gasteiger partial charge in [-0.25, -0.2) is 0 Å². The lowest BCUT2D eigenvalue weighted by Gasteiger charge is -2.34. The second-order valence-corrected chi connectivity index (χ2v) is 6.90. The molecule has 2 aromatic rings. The minimum Gasteiger partial charge on any atom is -0.424 e. The van der Waals surface area contributed by atoms with Crippen LogP contribution in [0.2, 0.25) is 5.02 Å². The van der Waals surface area contributed by atoms with Gasteiger partial charge in [-0.2, -0.15) is 0 Å². The second-order valence-electron chi connectivity index (χ2n) is 6.47. The van der Waals surface area contributed by atoms with Gasteiger partial charge in [-0.3, -0.25) is 0 Å². The third-order valence-corrected chi connectivity index (χ3v) is 5.27. The Morgan fingerprint density at radius 3 is 2.45 bits per heavy atom. The van der Waals surface area contributed by atoms with Gasteiger partial charge in [0.25, 0.3) is 0 Å². The van der Waals surface area contributed by atoms with Crippen LogP contribution in [-0.4, -0.2) is 23.4 Å². The first-order valence-corrected chi connectivity index (χ1v) is 8.24. The SMILES string of the molecule is C[C@H]1C[C@@H]1c1nnc(C2(c3ccc(Cl)cc3)CCOCC2)o1. The summed E-state index contributed by atoms with van der Waals surface area (Å²) < 4.78 is 11.7. The van der Waals surface area contributed by atoms with Crippen molar-refractivity contribution in [1.29, 1.82) is 0 Å². The van der Waals surface area contributed by atoms with Crippen LogP contribution in [0.4, 0.5) is 0 Å². The van der Waals surface area contributed by atoms with Gasteiger partial charge in [-0.15, -0.1) is 10.2 Å². The average Bonchev–Trinajstić information content (AvgIpc) is 3.08. The van der Waals surface area contributed by atoms with E-state index in [2.05, 4.69) is 29.3 Å². The molecule has 1 aromatic heterocycles. The summed E-state index contributed by atoms with van der Waals surface area (Å²) in [7, 11) is 0. The molecular weight excluding hydrogens is 300 g/mol. The maximum atomic E-state index is 6.09. The van der Waals surface area contributed by atoms with E-state index in [9.17, 15) is 0 Å². The number of hydrogen-bond acceptors (Lipinski definition) is 4. The van der Waals surface area contributed by atoms with Gasteiger partial charge in [0, 0.05) is 24.2 Å². The lowest BCUT2D eigenvalue weighted by Crippen LogP contribution is -2.35. The molecule has 0 radical (unpaired) electrons. The van der Waals surface area contributed by atoms with E-state index in [4.69, 9.17) is 20.8 Å². The Balaban J connectivity index is 1.74. The highest BCUT2D eigenvalue weighted by Gasteiger charge is 2.44. The van der Waals surface area contributed by atoms with Crippen LogP contribution < -0.4 is 0 Å². The summed E-state index contributed by atoms with van der Waals surface area (Å²) in [4.78, 5) is 0. The first kappa shape index (κ1) is 14.2. The molecule has 116 valence electrons. The van der Waals surface area contributed by atoms with Crippen LogP contribution in [0.15, 0.2) is 28.7 Å². The molecule has 4 rings (SSSR count). The molecule has 5 heteroatoms. The summed E-state index contributed by atoms with van der Waals surface area (Å²) >= 11 is 6.04. The molecule has 2 aliphatic rings. The summed E-state index contributed by atoms with van der Waals surface area (Å²) in [5.74, 6) is 2.63. The molecule has 0 bridgehead atoms. The summed E-state index contributed by atoms with van der Waals surface area (Å²) in [5.41, 5.74) is 0.936. The highest BCUT2D eigenvalue weighted by atomic mass is 35.5. The molecule has 0 amide bonds. The van der Waals surface area contributed by atoms with E-state index in [1.165, 1.54) is 5.56 Å². The molecule has 2 heterocycles. The molecule has 2 atom stereocenters. The van der Waals surface area contributed by atoms with Crippen LogP contribution in [0, 0.1) is 5.92 Å². The molecular formula is C17H19ClN2O2. The van der Waals surface area contributed by atoms with Gasteiger partial charge in [0.1, 0.15) is 0 Å². The Morgan fingerprint density at radius 1 is 1.14 bits per heavy atom. The molecule has 0 N–H and O–H groups in total. The van der Waals surface area contributed by atoms with Crippen LogP contribution in [0.1, 0.15) is 49.4 Å². The zero-order valence-electron chi connectivity index (χ0n) is 12.6. The minimum absolute atomic E-state index is 0.244. The number of aromatic nitrogens is 2. The fourth-order valence-corrected chi connectivity index (χ4v) is 3.48. The predicted molar refractivity (Wildman–Crippen MR) is 83.1 cm³/mol. The maximum absolute atomic E-state index is 6.09. The van der Waals surface area contributed by atoms with Crippen LogP contribution in [0.25, 0.3) is 0 Å². The average molecular weight is 319 g/mol. The van der Waals surface area contributed by atoms with Crippen molar-refractivity contribution >= 4 is 11.6 Å². The standard InChI is InChI=1S/C17H19ClN2O2/c1-11-10-14(11)15-19-20-16(22-15)17(6-8-21-9-7-17)12-2-4-13(18)5-3-12/h2-5,11,14H,6-10H2,1H3/t11-,14-/m0/s1. The fraction of sp³-hybridized carbons (Fsp3) is 0.529. The van der Waals surface area contributed by atoms with Crippen molar-refractivity contribution in [2.75, 3.05) is 13.2 Å². The van der Waals surface area contributed by atoms with E-state index in [0.717, 1.165) is 36.1 Å². The van der Waals surface area contributed by atoms with Gasteiger partial charge in [0.2, 0.25) is 11.8 Å². The van der Waals surface area contributed by atoms with Gasteiger partial charge in [0.15, 0.2) is 0 Å². The van der Waals surface area contributed by atoms with E-state index in [1.54, 1.807) is 0 Å². The summed E-state index contributed by atoms with van der Waals surface area (Å²) in [6.07, 6.45) is 2.87. The largest absolute Gasteiger partial charge is 0.424 e. The molecule has 1 saturated carbocycles. The Kier molecular flexibility index (Phi) is 3.46. The Labute approximate surface area is 134 Å². The van der Waals surface area contributed by atoms with Crippen molar-refractivity contribution in [3.8, 4) is 0 Å². The zero-order valence-corrected chi connectivity index (χ0v) is 13.3. The number of benzene rings is 1. The molecule has 1 saturated heterocycles. The Bertz CT molecular complexity index is 662. The predicted octanol–water partition coefficient (Wildman–Crippen LogP) is 3.94. The Hall–Kier alpha value is -1.39. The number of halogens is 1. The van der Waals surface area contributed by atoms with E-state index in [-0.39, 0.29) is 5.41 Å². The van der Waals surface area contributed by atoms with Crippen LogP contribution >= 0.6 is 11.6 Å². The third kappa shape index (κ3) is 2.34. The van der Waals surface area contributed by atoms with Crippen LogP contribution in [0.5, 0.6) is 0 Å². The summed E-state index contributed by atoms with van der Waals surface area (Å²) in [6, 6.07) is 7.98. The van der Waals surface area contributed by atoms with E-state index in [1.807, 2.05) is 12.1 Å².